The zero-order valence-corrected chi connectivity index (χ0v) is 11.6. The van der Waals surface area contributed by atoms with Crippen LogP contribution in [0.5, 0.6) is 0 Å². The van der Waals surface area contributed by atoms with E-state index in [2.05, 4.69) is 10.0 Å². The van der Waals surface area contributed by atoms with E-state index in [4.69, 9.17) is 0 Å². The monoisotopic (exact) mass is 281 g/mol. The Balaban J connectivity index is 1.69. The predicted octanol–water partition coefficient (Wildman–Crippen LogP) is 0.953. The van der Waals surface area contributed by atoms with Gasteiger partial charge < -0.3 is 5.32 Å². The van der Waals surface area contributed by atoms with Crippen LogP contribution in [0, 0.1) is 0 Å². The molecule has 2 aliphatic rings. The van der Waals surface area contributed by atoms with Crippen molar-refractivity contribution < 1.29 is 8.42 Å². The maximum absolute atomic E-state index is 12.2. The number of nitrogens with one attached hydrogen (secondary N) is 2. The molecule has 2 N–H and O–H groups in total. The van der Waals surface area contributed by atoms with E-state index in [0.717, 1.165) is 24.9 Å². The topological polar surface area (TPSA) is 61.4 Å². The zero-order chi connectivity index (χ0) is 13.3. The van der Waals surface area contributed by atoms with Crippen LogP contribution in [0.15, 0.2) is 24.3 Å². The number of para-hydroxylation sites is 1. The van der Waals surface area contributed by atoms with Crippen molar-refractivity contribution in [2.75, 3.05) is 25.0 Å². The van der Waals surface area contributed by atoms with Crippen LogP contribution in [0.3, 0.4) is 0 Å². The van der Waals surface area contributed by atoms with Crippen molar-refractivity contribution in [2.24, 2.45) is 0 Å². The van der Waals surface area contributed by atoms with Crippen molar-refractivity contribution in [2.45, 2.75) is 25.3 Å². The van der Waals surface area contributed by atoms with Gasteiger partial charge in [0.25, 0.3) is 10.2 Å². The molecule has 2 aliphatic heterocycles. The lowest BCUT2D eigenvalue weighted by Gasteiger charge is -2.28. The fraction of sp³-hybridized carbons (Fsp3) is 0.538. The summed E-state index contributed by atoms with van der Waals surface area (Å²) in [5.74, 6) is 0. The Morgan fingerprint density at radius 1 is 1.21 bits per heavy atom. The molecule has 1 atom stereocenters. The fourth-order valence-electron chi connectivity index (χ4n) is 2.74. The van der Waals surface area contributed by atoms with Crippen LogP contribution in [-0.4, -0.2) is 38.4 Å². The minimum Gasteiger partial charge on any atom is -0.383 e. The molecule has 0 spiro atoms. The Morgan fingerprint density at radius 3 is 2.74 bits per heavy atom. The van der Waals surface area contributed by atoms with E-state index in [9.17, 15) is 8.42 Å². The minimum absolute atomic E-state index is 0.0690. The first kappa shape index (κ1) is 12.9. The number of rotatable bonds is 3. The van der Waals surface area contributed by atoms with Crippen molar-refractivity contribution in [3.8, 4) is 0 Å². The molecule has 0 saturated carbocycles. The molecule has 0 aromatic heterocycles. The summed E-state index contributed by atoms with van der Waals surface area (Å²) in [4.78, 5) is 0. The molecule has 1 aromatic rings. The molecule has 1 fully saturated rings. The van der Waals surface area contributed by atoms with Crippen LogP contribution in [0.25, 0.3) is 0 Å². The van der Waals surface area contributed by atoms with E-state index < -0.39 is 10.2 Å². The normalized spacial score (nSPS) is 23.9. The van der Waals surface area contributed by atoms with Gasteiger partial charge in [0, 0.05) is 31.4 Å². The molecular formula is C13H19N3O2S. The number of hydrogen-bond acceptors (Lipinski definition) is 3. The van der Waals surface area contributed by atoms with Gasteiger partial charge in [-0.1, -0.05) is 18.2 Å². The molecule has 5 nitrogen and oxygen atoms in total. The molecule has 2 heterocycles. The molecule has 0 radical (unpaired) electrons. The number of benzene rings is 1. The highest BCUT2D eigenvalue weighted by Gasteiger charge is 2.29. The largest absolute Gasteiger partial charge is 0.383 e. The molecule has 1 saturated heterocycles. The lowest BCUT2D eigenvalue weighted by atomic mass is 10.0. The third-order valence-corrected chi connectivity index (χ3v) is 5.42. The Kier molecular flexibility index (Phi) is 3.47. The van der Waals surface area contributed by atoms with Crippen LogP contribution in [0.1, 0.15) is 18.4 Å². The van der Waals surface area contributed by atoms with Crippen LogP contribution >= 0.6 is 0 Å². The highest BCUT2D eigenvalue weighted by Crippen LogP contribution is 2.22. The summed E-state index contributed by atoms with van der Waals surface area (Å²) in [6.07, 6.45) is 2.68. The number of hydrogen-bond donors (Lipinski definition) is 2. The minimum atomic E-state index is -3.32. The van der Waals surface area contributed by atoms with E-state index in [1.165, 1.54) is 5.56 Å². The Hall–Kier alpha value is -1.11. The highest BCUT2D eigenvalue weighted by atomic mass is 32.2. The summed E-state index contributed by atoms with van der Waals surface area (Å²) in [6, 6.07) is 7.97. The van der Waals surface area contributed by atoms with Crippen molar-refractivity contribution in [1.82, 2.24) is 9.03 Å². The summed E-state index contributed by atoms with van der Waals surface area (Å²) in [6.45, 7) is 1.93. The van der Waals surface area contributed by atoms with E-state index in [1.807, 2.05) is 24.3 Å². The van der Waals surface area contributed by atoms with E-state index in [1.54, 1.807) is 4.31 Å². The molecule has 1 unspecified atom stereocenters. The molecule has 3 rings (SSSR count). The van der Waals surface area contributed by atoms with Gasteiger partial charge in [-0.2, -0.15) is 17.4 Å². The molecule has 1 aromatic carbocycles. The number of fused-ring (bicyclic) bond motifs is 1. The maximum Gasteiger partial charge on any atom is 0.279 e. The first-order chi connectivity index (χ1) is 9.15. The standard InChI is InChI=1S/C13H19N3O2S/c17-19(18,16-7-3-4-8-16)15-12-9-11-5-1-2-6-13(11)14-10-12/h1-2,5-6,12,14-15H,3-4,7-10H2. The summed E-state index contributed by atoms with van der Waals surface area (Å²) < 4.78 is 28.8. The molecule has 6 heteroatoms. The van der Waals surface area contributed by atoms with Gasteiger partial charge >= 0.3 is 0 Å². The summed E-state index contributed by atoms with van der Waals surface area (Å²) in [5, 5.41) is 3.28. The fourth-order valence-corrected chi connectivity index (χ4v) is 4.21. The Labute approximate surface area is 114 Å². The third kappa shape index (κ3) is 2.75. The first-order valence-electron chi connectivity index (χ1n) is 6.74. The second-order valence-corrected chi connectivity index (χ2v) is 6.87. The summed E-state index contributed by atoms with van der Waals surface area (Å²) >= 11 is 0. The Morgan fingerprint density at radius 2 is 1.95 bits per heavy atom. The second-order valence-electron chi connectivity index (χ2n) is 5.17. The van der Waals surface area contributed by atoms with Gasteiger partial charge in [0.2, 0.25) is 0 Å². The lowest BCUT2D eigenvalue weighted by Crippen LogP contribution is -2.48. The van der Waals surface area contributed by atoms with Crippen molar-refractivity contribution in [3.63, 3.8) is 0 Å². The van der Waals surface area contributed by atoms with Gasteiger partial charge in [-0.25, -0.2) is 0 Å². The zero-order valence-electron chi connectivity index (χ0n) is 10.8. The maximum atomic E-state index is 12.2. The van der Waals surface area contributed by atoms with Gasteiger partial charge in [0.1, 0.15) is 0 Å². The van der Waals surface area contributed by atoms with Crippen LogP contribution in [0.4, 0.5) is 5.69 Å². The van der Waals surface area contributed by atoms with Crippen LogP contribution in [-0.2, 0) is 16.6 Å². The van der Waals surface area contributed by atoms with E-state index >= 15 is 0 Å². The van der Waals surface area contributed by atoms with Crippen LogP contribution < -0.4 is 10.0 Å². The van der Waals surface area contributed by atoms with E-state index in [-0.39, 0.29) is 6.04 Å². The average Bonchev–Trinajstić information content (AvgIpc) is 2.93. The van der Waals surface area contributed by atoms with Crippen molar-refractivity contribution >= 4 is 15.9 Å². The molecule has 104 valence electrons. The average molecular weight is 281 g/mol. The highest BCUT2D eigenvalue weighted by molar-refractivity contribution is 7.87. The molecule has 0 amide bonds. The second kappa shape index (κ2) is 5.11. The summed E-state index contributed by atoms with van der Waals surface area (Å²) in [5.41, 5.74) is 2.28. The molecule has 0 bridgehead atoms. The number of anilines is 1. The van der Waals surface area contributed by atoms with Gasteiger partial charge in [0.05, 0.1) is 0 Å². The van der Waals surface area contributed by atoms with Crippen LogP contribution in [0.2, 0.25) is 0 Å². The van der Waals surface area contributed by atoms with Gasteiger partial charge in [-0.15, -0.1) is 0 Å². The van der Waals surface area contributed by atoms with E-state index in [0.29, 0.717) is 19.6 Å². The first-order valence-corrected chi connectivity index (χ1v) is 8.18. The van der Waals surface area contributed by atoms with Crippen molar-refractivity contribution in [3.05, 3.63) is 29.8 Å². The lowest BCUT2D eigenvalue weighted by molar-refractivity contribution is 0.451. The summed E-state index contributed by atoms with van der Waals surface area (Å²) in [7, 11) is -3.32. The van der Waals surface area contributed by atoms with Gasteiger partial charge in [-0.05, 0) is 30.9 Å². The third-order valence-electron chi connectivity index (χ3n) is 3.74. The molecule has 19 heavy (non-hydrogen) atoms. The Bertz CT molecular complexity index is 553. The number of nitrogens with zero attached hydrogens (tertiary/aromatic N) is 1. The smallest absolute Gasteiger partial charge is 0.279 e. The van der Waals surface area contributed by atoms with Crippen molar-refractivity contribution in [1.29, 1.82) is 0 Å². The SMILES string of the molecule is O=S(=O)(NC1CNc2ccccc2C1)N1CCCC1. The predicted molar refractivity (Wildman–Crippen MR) is 75.3 cm³/mol. The van der Waals surface area contributed by atoms with Gasteiger partial charge in [0.15, 0.2) is 0 Å². The quantitative estimate of drug-likeness (QED) is 0.867. The van der Waals surface area contributed by atoms with Gasteiger partial charge in [-0.3, -0.25) is 0 Å². The molecular weight excluding hydrogens is 262 g/mol. The molecule has 0 aliphatic carbocycles.